The number of aromatic carboxylic acids is 1. The SMILES string of the molecule is CNC(=O)C1CCCN(S(=O)(=O)c2[nH]ncc2C(=O)O)C1. The van der Waals surface area contributed by atoms with Crippen molar-refractivity contribution in [2.45, 2.75) is 17.9 Å². The molecule has 0 aliphatic carbocycles. The molecular formula is C11H16N4O5S. The molecule has 1 amide bonds. The topological polar surface area (TPSA) is 132 Å². The van der Waals surface area contributed by atoms with Crippen LogP contribution < -0.4 is 5.32 Å². The number of carboxylic acids is 1. The molecular weight excluding hydrogens is 300 g/mol. The number of sulfonamides is 1. The van der Waals surface area contributed by atoms with Crippen LogP contribution in [0, 0.1) is 5.92 Å². The number of aromatic amines is 1. The molecule has 2 heterocycles. The minimum atomic E-state index is -4.01. The van der Waals surface area contributed by atoms with Crippen LogP contribution >= 0.6 is 0 Å². The van der Waals surface area contributed by atoms with E-state index in [1.165, 1.54) is 7.05 Å². The first-order chi connectivity index (χ1) is 9.87. The Bertz CT molecular complexity index is 653. The van der Waals surface area contributed by atoms with Crippen molar-refractivity contribution in [3.05, 3.63) is 11.8 Å². The van der Waals surface area contributed by atoms with E-state index in [2.05, 4.69) is 15.5 Å². The zero-order valence-electron chi connectivity index (χ0n) is 11.4. The molecule has 1 atom stereocenters. The fourth-order valence-electron chi connectivity index (χ4n) is 2.33. The van der Waals surface area contributed by atoms with Gasteiger partial charge in [-0.2, -0.15) is 9.40 Å². The number of H-pyrrole nitrogens is 1. The Kier molecular flexibility index (Phi) is 4.28. The molecule has 0 radical (unpaired) electrons. The summed E-state index contributed by atoms with van der Waals surface area (Å²) in [5, 5.41) is 16.7. The first-order valence-electron chi connectivity index (χ1n) is 6.36. The second kappa shape index (κ2) is 5.82. The lowest BCUT2D eigenvalue weighted by molar-refractivity contribution is -0.125. The van der Waals surface area contributed by atoms with Gasteiger partial charge in [-0.25, -0.2) is 13.2 Å². The van der Waals surface area contributed by atoms with Crippen LogP contribution in [-0.2, 0) is 14.8 Å². The molecule has 1 aliphatic heterocycles. The van der Waals surface area contributed by atoms with Crippen LogP contribution in [0.5, 0.6) is 0 Å². The van der Waals surface area contributed by atoms with Gasteiger partial charge >= 0.3 is 5.97 Å². The molecule has 1 fully saturated rings. The number of hydrogen-bond donors (Lipinski definition) is 3. The minimum Gasteiger partial charge on any atom is -0.478 e. The lowest BCUT2D eigenvalue weighted by atomic mass is 9.99. The van der Waals surface area contributed by atoms with Gasteiger partial charge < -0.3 is 10.4 Å². The van der Waals surface area contributed by atoms with E-state index < -0.39 is 32.5 Å². The van der Waals surface area contributed by atoms with Gasteiger partial charge in [0.15, 0.2) is 5.03 Å². The maximum Gasteiger partial charge on any atom is 0.340 e. The van der Waals surface area contributed by atoms with Crippen molar-refractivity contribution < 1.29 is 23.1 Å². The number of nitrogens with one attached hydrogen (secondary N) is 2. The fourth-order valence-corrected chi connectivity index (χ4v) is 3.92. The largest absolute Gasteiger partial charge is 0.478 e. The molecule has 0 saturated carbocycles. The van der Waals surface area contributed by atoms with E-state index in [9.17, 15) is 18.0 Å². The molecule has 2 rings (SSSR count). The van der Waals surface area contributed by atoms with E-state index in [-0.39, 0.29) is 19.0 Å². The van der Waals surface area contributed by atoms with Gasteiger partial charge in [0.2, 0.25) is 5.91 Å². The number of aromatic nitrogens is 2. The van der Waals surface area contributed by atoms with Crippen molar-refractivity contribution in [3.8, 4) is 0 Å². The van der Waals surface area contributed by atoms with Crippen LogP contribution in [0.2, 0.25) is 0 Å². The molecule has 1 aromatic rings. The average Bonchev–Trinajstić information content (AvgIpc) is 2.97. The second-order valence-corrected chi connectivity index (χ2v) is 6.61. The molecule has 1 unspecified atom stereocenters. The van der Waals surface area contributed by atoms with Gasteiger partial charge in [-0.05, 0) is 12.8 Å². The lowest BCUT2D eigenvalue weighted by Crippen LogP contribution is -2.45. The number of amides is 1. The fraction of sp³-hybridized carbons (Fsp3) is 0.545. The molecule has 21 heavy (non-hydrogen) atoms. The van der Waals surface area contributed by atoms with E-state index in [0.29, 0.717) is 12.8 Å². The average molecular weight is 316 g/mol. The molecule has 9 nitrogen and oxygen atoms in total. The highest BCUT2D eigenvalue weighted by molar-refractivity contribution is 7.89. The third kappa shape index (κ3) is 2.90. The summed E-state index contributed by atoms with van der Waals surface area (Å²) in [5.74, 6) is -2.03. The molecule has 0 spiro atoms. The lowest BCUT2D eigenvalue weighted by Gasteiger charge is -2.30. The van der Waals surface area contributed by atoms with Crippen LogP contribution in [0.15, 0.2) is 11.2 Å². The molecule has 3 N–H and O–H groups in total. The number of carbonyl (C=O) groups is 2. The van der Waals surface area contributed by atoms with Crippen molar-refractivity contribution in [2.24, 2.45) is 5.92 Å². The van der Waals surface area contributed by atoms with E-state index in [0.717, 1.165) is 10.5 Å². The summed E-state index contributed by atoms with van der Waals surface area (Å²) in [6, 6.07) is 0. The van der Waals surface area contributed by atoms with E-state index >= 15 is 0 Å². The predicted molar refractivity (Wildman–Crippen MR) is 71.1 cm³/mol. The van der Waals surface area contributed by atoms with E-state index in [1.807, 2.05) is 0 Å². The van der Waals surface area contributed by atoms with Crippen molar-refractivity contribution in [1.82, 2.24) is 19.8 Å². The number of rotatable bonds is 4. The normalized spacial score (nSPS) is 20.1. The number of carboxylic acid groups (broad SMARTS) is 1. The Morgan fingerprint density at radius 3 is 2.86 bits per heavy atom. The number of carbonyl (C=O) groups excluding carboxylic acids is 1. The van der Waals surface area contributed by atoms with Crippen LogP contribution in [0.1, 0.15) is 23.2 Å². The van der Waals surface area contributed by atoms with Gasteiger partial charge in [0, 0.05) is 20.1 Å². The summed E-state index contributed by atoms with van der Waals surface area (Å²) in [4.78, 5) is 22.7. The summed E-state index contributed by atoms with van der Waals surface area (Å²) in [6.45, 7) is 0.272. The summed E-state index contributed by atoms with van der Waals surface area (Å²) < 4.78 is 26.1. The molecule has 0 bridgehead atoms. The smallest absolute Gasteiger partial charge is 0.340 e. The Hall–Kier alpha value is -1.94. The first kappa shape index (κ1) is 15.4. The maximum atomic E-state index is 12.5. The standard InChI is InChI=1S/C11H16N4O5S/c1-12-9(16)7-3-2-4-15(6-7)21(19,20)10-8(11(17)18)5-13-14-10/h5,7H,2-4,6H2,1H3,(H,12,16)(H,13,14)(H,17,18). The van der Waals surface area contributed by atoms with Gasteiger partial charge in [-0.3, -0.25) is 9.89 Å². The maximum absolute atomic E-state index is 12.5. The summed E-state index contributed by atoms with van der Waals surface area (Å²) in [5.41, 5.74) is -0.405. The molecule has 0 aromatic carbocycles. The number of nitrogens with zero attached hydrogens (tertiary/aromatic N) is 2. The Morgan fingerprint density at radius 2 is 2.24 bits per heavy atom. The highest BCUT2D eigenvalue weighted by Gasteiger charge is 2.36. The Morgan fingerprint density at radius 1 is 1.52 bits per heavy atom. The highest BCUT2D eigenvalue weighted by Crippen LogP contribution is 2.24. The van der Waals surface area contributed by atoms with Crippen LogP contribution in [0.3, 0.4) is 0 Å². The van der Waals surface area contributed by atoms with Gasteiger partial charge in [-0.1, -0.05) is 0 Å². The third-order valence-corrected chi connectivity index (χ3v) is 5.27. The summed E-state index contributed by atoms with van der Waals surface area (Å²) in [7, 11) is -2.52. The monoisotopic (exact) mass is 316 g/mol. The quantitative estimate of drug-likeness (QED) is 0.670. The Labute approximate surface area is 121 Å². The predicted octanol–water partition coefficient (Wildman–Crippen LogP) is -0.745. The van der Waals surface area contributed by atoms with Crippen molar-refractivity contribution in [3.63, 3.8) is 0 Å². The molecule has 10 heteroatoms. The van der Waals surface area contributed by atoms with E-state index in [4.69, 9.17) is 5.11 Å². The van der Waals surface area contributed by atoms with Crippen molar-refractivity contribution in [1.29, 1.82) is 0 Å². The van der Waals surface area contributed by atoms with Crippen LogP contribution in [0.4, 0.5) is 0 Å². The van der Waals surface area contributed by atoms with Gasteiger partial charge in [-0.15, -0.1) is 0 Å². The summed E-state index contributed by atoms with van der Waals surface area (Å²) >= 11 is 0. The number of piperidine rings is 1. The summed E-state index contributed by atoms with van der Waals surface area (Å²) in [6.07, 6.45) is 2.09. The zero-order valence-corrected chi connectivity index (χ0v) is 12.2. The van der Waals surface area contributed by atoms with Gasteiger partial charge in [0.05, 0.1) is 12.1 Å². The van der Waals surface area contributed by atoms with Crippen LogP contribution in [0.25, 0.3) is 0 Å². The Balaban J connectivity index is 2.29. The van der Waals surface area contributed by atoms with Gasteiger partial charge in [0.25, 0.3) is 10.0 Å². The molecule has 1 aliphatic rings. The van der Waals surface area contributed by atoms with Crippen molar-refractivity contribution >= 4 is 21.9 Å². The molecule has 1 saturated heterocycles. The minimum absolute atomic E-state index is 0.0279. The van der Waals surface area contributed by atoms with Crippen LogP contribution in [-0.4, -0.2) is 60.0 Å². The van der Waals surface area contributed by atoms with Gasteiger partial charge in [0.1, 0.15) is 5.56 Å². The van der Waals surface area contributed by atoms with Crippen molar-refractivity contribution in [2.75, 3.05) is 20.1 Å². The first-order valence-corrected chi connectivity index (χ1v) is 7.80. The number of hydrogen-bond acceptors (Lipinski definition) is 5. The van der Waals surface area contributed by atoms with E-state index in [1.54, 1.807) is 0 Å². The molecule has 1 aromatic heterocycles. The molecule has 116 valence electrons. The highest BCUT2D eigenvalue weighted by atomic mass is 32.2. The third-order valence-electron chi connectivity index (χ3n) is 3.43. The zero-order chi connectivity index (χ0) is 15.6. The second-order valence-electron chi connectivity index (χ2n) is 4.73.